The van der Waals surface area contributed by atoms with Crippen LogP contribution in [0.25, 0.3) is 0 Å². The molecule has 0 amide bonds. The van der Waals surface area contributed by atoms with Gasteiger partial charge in [-0.3, -0.25) is 0 Å². The number of rotatable bonds is 4. The maximum absolute atomic E-state index is 6.32. The molecule has 2 rings (SSSR count). The SMILES string of the molecule is COc1cc(OC)cc(C(N)c2ccc(C)cc2Cl)c1. The van der Waals surface area contributed by atoms with Crippen LogP contribution in [0, 0.1) is 6.92 Å². The average molecular weight is 292 g/mol. The van der Waals surface area contributed by atoms with Crippen molar-refractivity contribution in [2.24, 2.45) is 5.73 Å². The number of ether oxygens (including phenoxy) is 2. The van der Waals surface area contributed by atoms with Crippen molar-refractivity contribution in [1.29, 1.82) is 0 Å². The number of benzene rings is 2. The topological polar surface area (TPSA) is 44.5 Å². The van der Waals surface area contributed by atoms with Crippen LogP contribution in [0.1, 0.15) is 22.7 Å². The van der Waals surface area contributed by atoms with Crippen LogP contribution in [0.5, 0.6) is 11.5 Å². The van der Waals surface area contributed by atoms with Crippen LogP contribution in [0.2, 0.25) is 5.02 Å². The van der Waals surface area contributed by atoms with Crippen LogP contribution in [-0.2, 0) is 0 Å². The second-order valence-electron chi connectivity index (χ2n) is 4.65. The normalized spacial score (nSPS) is 12.1. The fraction of sp³-hybridized carbons (Fsp3) is 0.250. The molecule has 1 unspecified atom stereocenters. The Labute approximate surface area is 124 Å². The van der Waals surface area contributed by atoms with Crippen molar-refractivity contribution in [2.75, 3.05) is 14.2 Å². The molecule has 4 heteroatoms. The minimum absolute atomic E-state index is 0.327. The molecule has 0 aromatic heterocycles. The molecule has 0 radical (unpaired) electrons. The van der Waals surface area contributed by atoms with Crippen molar-refractivity contribution >= 4 is 11.6 Å². The first-order chi connectivity index (χ1) is 9.55. The highest BCUT2D eigenvalue weighted by Crippen LogP contribution is 2.31. The zero-order valence-electron chi connectivity index (χ0n) is 11.8. The van der Waals surface area contributed by atoms with Gasteiger partial charge in [0, 0.05) is 11.1 Å². The van der Waals surface area contributed by atoms with Gasteiger partial charge in [0.15, 0.2) is 0 Å². The molecule has 1 atom stereocenters. The smallest absolute Gasteiger partial charge is 0.122 e. The molecule has 0 bridgehead atoms. The van der Waals surface area contributed by atoms with E-state index in [4.69, 9.17) is 26.8 Å². The Bertz CT molecular complexity index is 591. The van der Waals surface area contributed by atoms with Crippen molar-refractivity contribution in [3.05, 3.63) is 58.1 Å². The minimum atomic E-state index is -0.327. The highest BCUT2D eigenvalue weighted by molar-refractivity contribution is 6.31. The van der Waals surface area contributed by atoms with Gasteiger partial charge in [-0.15, -0.1) is 0 Å². The summed E-state index contributed by atoms with van der Waals surface area (Å²) in [5.74, 6) is 1.41. The summed E-state index contributed by atoms with van der Waals surface area (Å²) in [6, 6.07) is 11.1. The van der Waals surface area contributed by atoms with E-state index in [0.29, 0.717) is 16.5 Å². The molecule has 0 heterocycles. The van der Waals surface area contributed by atoms with Gasteiger partial charge in [0.25, 0.3) is 0 Å². The van der Waals surface area contributed by atoms with Gasteiger partial charge in [-0.25, -0.2) is 0 Å². The summed E-state index contributed by atoms with van der Waals surface area (Å²) >= 11 is 6.28. The average Bonchev–Trinajstić information content (AvgIpc) is 2.46. The molecule has 0 aliphatic carbocycles. The first-order valence-corrected chi connectivity index (χ1v) is 6.67. The molecule has 0 aliphatic heterocycles. The standard InChI is InChI=1S/C16H18ClNO2/c1-10-4-5-14(15(17)6-10)16(18)11-7-12(19-2)9-13(8-11)20-3/h4-9,16H,18H2,1-3H3. The van der Waals surface area contributed by atoms with Gasteiger partial charge in [-0.05, 0) is 41.8 Å². The number of aryl methyl sites for hydroxylation is 1. The summed E-state index contributed by atoms with van der Waals surface area (Å²) in [6.07, 6.45) is 0. The lowest BCUT2D eigenvalue weighted by Gasteiger charge is -2.17. The van der Waals surface area contributed by atoms with E-state index in [-0.39, 0.29) is 6.04 Å². The highest BCUT2D eigenvalue weighted by atomic mass is 35.5. The summed E-state index contributed by atoms with van der Waals surface area (Å²) in [6.45, 7) is 2.00. The Morgan fingerprint density at radius 3 is 2.10 bits per heavy atom. The van der Waals surface area contributed by atoms with Gasteiger partial charge in [0.05, 0.1) is 20.3 Å². The molecule has 2 aromatic rings. The molecule has 106 valence electrons. The molecule has 0 aliphatic rings. The van der Waals surface area contributed by atoms with Crippen LogP contribution in [0.15, 0.2) is 36.4 Å². The van der Waals surface area contributed by atoms with E-state index in [9.17, 15) is 0 Å². The summed E-state index contributed by atoms with van der Waals surface area (Å²) in [5, 5.41) is 0.666. The number of halogens is 1. The molecule has 0 saturated heterocycles. The first kappa shape index (κ1) is 14.7. The van der Waals surface area contributed by atoms with Gasteiger partial charge in [0.2, 0.25) is 0 Å². The fourth-order valence-corrected chi connectivity index (χ4v) is 2.43. The maximum Gasteiger partial charge on any atom is 0.122 e. The predicted molar refractivity (Wildman–Crippen MR) is 81.8 cm³/mol. The van der Waals surface area contributed by atoms with E-state index >= 15 is 0 Å². The Kier molecular flexibility index (Phi) is 4.53. The largest absolute Gasteiger partial charge is 0.497 e. The molecule has 2 aromatic carbocycles. The first-order valence-electron chi connectivity index (χ1n) is 6.29. The minimum Gasteiger partial charge on any atom is -0.497 e. The molecular formula is C16H18ClNO2. The van der Waals surface area contributed by atoms with E-state index in [1.54, 1.807) is 14.2 Å². The summed E-state index contributed by atoms with van der Waals surface area (Å²) in [5.41, 5.74) is 9.20. The third-order valence-electron chi connectivity index (χ3n) is 3.22. The maximum atomic E-state index is 6.32. The highest BCUT2D eigenvalue weighted by Gasteiger charge is 2.14. The second kappa shape index (κ2) is 6.16. The molecule has 2 N–H and O–H groups in total. The molecule has 0 spiro atoms. The summed E-state index contributed by atoms with van der Waals surface area (Å²) < 4.78 is 10.5. The zero-order valence-corrected chi connectivity index (χ0v) is 12.6. The van der Waals surface area contributed by atoms with E-state index in [1.807, 2.05) is 43.3 Å². The molecular weight excluding hydrogens is 274 g/mol. The Morgan fingerprint density at radius 1 is 1.00 bits per heavy atom. The van der Waals surface area contributed by atoms with Crippen LogP contribution in [0.3, 0.4) is 0 Å². The van der Waals surface area contributed by atoms with Gasteiger partial charge in [0.1, 0.15) is 11.5 Å². The third kappa shape index (κ3) is 3.06. The quantitative estimate of drug-likeness (QED) is 0.934. The van der Waals surface area contributed by atoms with Crippen LogP contribution in [-0.4, -0.2) is 14.2 Å². The van der Waals surface area contributed by atoms with Crippen LogP contribution in [0.4, 0.5) is 0 Å². The lowest BCUT2D eigenvalue weighted by Crippen LogP contribution is -2.12. The molecule has 0 fully saturated rings. The van der Waals surface area contributed by atoms with Gasteiger partial charge >= 0.3 is 0 Å². The Morgan fingerprint density at radius 2 is 1.60 bits per heavy atom. The lowest BCUT2D eigenvalue weighted by molar-refractivity contribution is 0.393. The van der Waals surface area contributed by atoms with E-state index in [0.717, 1.165) is 16.7 Å². The molecule has 0 saturated carbocycles. The fourth-order valence-electron chi connectivity index (χ4n) is 2.07. The Balaban J connectivity index is 2.44. The number of nitrogens with two attached hydrogens (primary N) is 1. The van der Waals surface area contributed by atoms with Crippen molar-refractivity contribution in [3.8, 4) is 11.5 Å². The monoisotopic (exact) mass is 291 g/mol. The van der Waals surface area contributed by atoms with Gasteiger partial charge < -0.3 is 15.2 Å². The lowest BCUT2D eigenvalue weighted by atomic mass is 9.98. The third-order valence-corrected chi connectivity index (χ3v) is 3.55. The van der Waals surface area contributed by atoms with Crippen molar-refractivity contribution in [3.63, 3.8) is 0 Å². The van der Waals surface area contributed by atoms with Gasteiger partial charge in [-0.1, -0.05) is 23.7 Å². The second-order valence-corrected chi connectivity index (χ2v) is 5.06. The predicted octanol–water partition coefficient (Wildman–Crippen LogP) is 3.71. The van der Waals surface area contributed by atoms with Crippen molar-refractivity contribution in [2.45, 2.75) is 13.0 Å². The number of hydrogen-bond acceptors (Lipinski definition) is 3. The number of methoxy groups -OCH3 is 2. The van der Waals surface area contributed by atoms with Crippen molar-refractivity contribution < 1.29 is 9.47 Å². The number of hydrogen-bond donors (Lipinski definition) is 1. The summed E-state index contributed by atoms with van der Waals surface area (Å²) in [4.78, 5) is 0. The molecule has 3 nitrogen and oxygen atoms in total. The van der Waals surface area contributed by atoms with E-state index in [2.05, 4.69) is 0 Å². The van der Waals surface area contributed by atoms with Crippen molar-refractivity contribution in [1.82, 2.24) is 0 Å². The zero-order chi connectivity index (χ0) is 14.7. The van der Waals surface area contributed by atoms with Crippen LogP contribution >= 0.6 is 11.6 Å². The van der Waals surface area contributed by atoms with E-state index < -0.39 is 0 Å². The van der Waals surface area contributed by atoms with Gasteiger partial charge in [-0.2, -0.15) is 0 Å². The molecule has 20 heavy (non-hydrogen) atoms. The van der Waals surface area contributed by atoms with Crippen LogP contribution < -0.4 is 15.2 Å². The Hall–Kier alpha value is -1.71. The summed E-state index contributed by atoms with van der Waals surface area (Å²) in [7, 11) is 3.23. The van der Waals surface area contributed by atoms with E-state index in [1.165, 1.54) is 0 Å².